The number of carbonyl (C=O) groups excluding carboxylic acids is 1. The van der Waals surface area contributed by atoms with Gasteiger partial charge in [-0.3, -0.25) is 9.78 Å². The molecular formula is C18H20N2O3. The van der Waals surface area contributed by atoms with Gasteiger partial charge in [0.1, 0.15) is 13.2 Å². The number of nitrogens with one attached hydrogen (secondary N) is 1. The number of hydrogen-bond acceptors (Lipinski definition) is 4. The number of benzene rings is 1. The van der Waals surface area contributed by atoms with E-state index >= 15 is 0 Å². The molecule has 0 spiro atoms. The Hall–Kier alpha value is -2.56. The van der Waals surface area contributed by atoms with E-state index in [4.69, 9.17) is 9.47 Å². The molecule has 1 aliphatic heterocycles. The Labute approximate surface area is 135 Å². The maximum Gasteiger partial charge on any atom is 0.256 e. The van der Waals surface area contributed by atoms with Crippen LogP contribution in [0.25, 0.3) is 0 Å². The molecular weight excluding hydrogens is 292 g/mol. The Morgan fingerprint density at radius 2 is 1.96 bits per heavy atom. The minimum atomic E-state index is -0.594. The van der Waals surface area contributed by atoms with E-state index in [-0.39, 0.29) is 5.91 Å². The van der Waals surface area contributed by atoms with E-state index in [0.29, 0.717) is 30.3 Å². The molecule has 2 aromatic rings. The second-order valence-corrected chi connectivity index (χ2v) is 6.08. The molecule has 120 valence electrons. The highest BCUT2D eigenvalue weighted by atomic mass is 16.6. The van der Waals surface area contributed by atoms with Crippen LogP contribution < -0.4 is 14.8 Å². The van der Waals surface area contributed by atoms with Crippen molar-refractivity contribution in [1.29, 1.82) is 0 Å². The molecule has 0 saturated carbocycles. The summed E-state index contributed by atoms with van der Waals surface area (Å²) >= 11 is 0. The predicted molar refractivity (Wildman–Crippen MR) is 86.9 cm³/mol. The van der Waals surface area contributed by atoms with Gasteiger partial charge < -0.3 is 14.8 Å². The van der Waals surface area contributed by atoms with E-state index < -0.39 is 5.54 Å². The molecule has 23 heavy (non-hydrogen) atoms. The van der Waals surface area contributed by atoms with Crippen molar-refractivity contribution in [3.63, 3.8) is 0 Å². The normalized spacial score (nSPS) is 13.5. The maximum atomic E-state index is 12.9. The quantitative estimate of drug-likeness (QED) is 0.947. The highest BCUT2D eigenvalue weighted by Gasteiger charge is 2.29. The molecule has 1 aromatic heterocycles. The fourth-order valence-electron chi connectivity index (χ4n) is 2.64. The average Bonchev–Trinajstić information content (AvgIpc) is 2.55. The molecule has 0 atom stereocenters. The summed E-state index contributed by atoms with van der Waals surface area (Å²) in [6.45, 7) is 6.68. The Morgan fingerprint density at radius 1 is 1.17 bits per heavy atom. The van der Waals surface area contributed by atoms with Gasteiger partial charge in [0.15, 0.2) is 11.5 Å². The lowest BCUT2D eigenvalue weighted by Crippen LogP contribution is -2.42. The largest absolute Gasteiger partial charge is 0.486 e. The Bertz CT molecular complexity index is 727. The molecule has 1 N–H and O–H groups in total. The lowest BCUT2D eigenvalue weighted by Gasteiger charge is -2.28. The van der Waals surface area contributed by atoms with Gasteiger partial charge >= 0.3 is 0 Å². The van der Waals surface area contributed by atoms with Crippen LogP contribution in [0.15, 0.2) is 36.5 Å². The number of fused-ring (bicyclic) bond motifs is 1. The molecule has 0 fully saturated rings. The number of aromatic nitrogens is 1. The zero-order chi connectivity index (χ0) is 16.4. The van der Waals surface area contributed by atoms with Crippen molar-refractivity contribution in [2.45, 2.75) is 26.3 Å². The van der Waals surface area contributed by atoms with E-state index in [1.165, 1.54) is 0 Å². The summed E-state index contributed by atoms with van der Waals surface area (Å²) in [5, 5.41) is 3.04. The van der Waals surface area contributed by atoms with Crippen LogP contribution in [0.3, 0.4) is 0 Å². The number of carbonyl (C=O) groups is 1. The smallest absolute Gasteiger partial charge is 0.256 e. The molecule has 5 nitrogen and oxygen atoms in total. The van der Waals surface area contributed by atoms with E-state index in [2.05, 4.69) is 10.3 Å². The standard InChI is InChI=1S/C18H20N2O3/c1-12-7-8-13-16(23-11-10-22-13)15(12)17(21)20-18(2,3)14-6-4-5-9-19-14/h4-9H,10-11H2,1-3H3,(H,20,21). The lowest BCUT2D eigenvalue weighted by molar-refractivity contribution is 0.0898. The van der Waals surface area contributed by atoms with Crippen molar-refractivity contribution in [3.05, 3.63) is 53.3 Å². The molecule has 0 radical (unpaired) electrons. The van der Waals surface area contributed by atoms with Crippen molar-refractivity contribution < 1.29 is 14.3 Å². The Kier molecular flexibility index (Phi) is 3.94. The van der Waals surface area contributed by atoms with Crippen LogP contribution in [0.5, 0.6) is 11.5 Å². The number of pyridine rings is 1. The number of aryl methyl sites for hydroxylation is 1. The first kappa shape index (κ1) is 15.3. The Balaban J connectivity index is 1.92. The van der Waals surface area contributed by atoms with Crippen LogP contribution in [0.1, 0.15) is 35.5 Å². The topological polar surface area (TPSA) is 60.5 Å². The highest BCUT2D eigenvalue weighted by Crippen LogP contribution is 2.36. The van der Waals surface area contributed by atoms with Crippen molar-refractivity contribution in [2.24, 2.45) is 0 Å². The van der Waals surface area contributed by atoms with Gasteiger partial charge in [-0.05, 0) is 44.5 Å². The van der Waals surface area contributed by atoms with Crippen LogP contribution in [0.4, 0.5) is 0 Å². The third-order valence-electron chi connectivity index (χ3n) is 3.88. The number of amides is 1. The predicted octanol–water partition coefficient (Wildman–Crippen LogP) is 2.83. The number of rotatable bonds is 3. The zero-order valence-electron chi connectivity index (χ0n) is 13.6. The number of ether oxygens (including phenoxy) is 2. The first-order chi connectivity index (χ1) is 11.0. The van der Waals surface area contributed by atoms with Gasteiger partial charge in [0.25, 0.3) is 5.91 Å². The van der Waals surface area contributed by atoms with Crippen LogP contribution >= 0.6 is 0 Å². The minimum Gasteiger partial charge on any atom is -0.486 e. The van der Waals surface area contributed by atoms with E-state index in [1.807, 2.05) is 51.1 Å². The van der Waals surface area contributed by atoms with Crippen molar-refractivity contribution in [3.8, 4) is 11.5 Å². The average molecular weight is 312 g/mol. The van der Waals surface area contributed by atoms with Gasteiger partial charge in [0.05, 0.1) is 16.8 Å². The van der Waals surface area contributed by atoms with Crippen LogP contribution in [-0.4, -0.2) is 24.1 Å². The molecule has 0 unspecified atom stereocenters. The van der Waals surface area contributed by atoms with Gasteiger partial charge in [-0.15, -0.1) is 0 Å². The molecule has 1 aliphatic rings. The molecule has 0 aliphatic carbocycles. The summed E-state index contributed by atoms with van der Waals surface area (Å²) in [6.07, 6.45) is 1.72. The van der Waals surface area contributed by atoms with Crippen LogP contribution in [0, 0.1) is 6.92 Å². The molecule has 3 rings (SSSR count). The highest BCUT2D eigenvalue weighted by molar-refractivity contribution is 5.99. The zero-order valence-corrected chi connectivity index (χ0v) is 13.6. The first-order valence-electron chi connectivity index (χ1n) is 7.62. The second kappa shape index (κ2) is 5.91. The summed E-state index contributed by atoms with van der Waals surface area (Å²) in [5.74, 6) is 0.939. The molecule has 0 bridgehead atoms. The monoisotopic (exact) mass is 312 g/mol. The summed E-state index contributed by atoms with van der Waals surface area (Å²) in [6, 6.07) is 9.36. The van der Waals surface area contributed by atoms with Crippen molar-refractivity contribution in [2.75, 3.05) is 13.2 Å². The van der Waals surface area contributed by atoms with Crippen molar-refractivity contribution >= 4 is 5.91 Å². The van der Waals surface area contributed by atoms with Crippen LogP contribution in [0.2, 0.25) is 0 Å². The van der Waals surface area contributed by atoms with Gasteiger partial charge in [-0.2, -0.15) is 0 Å². The van der Waals surface area contributed by atoms with E-state index in [0.717, 1.165) is 11.3 Å². The molecule has 0 saturated heterocycles. The third-order valence-corrected chi connectivity index (χ3v) is 3.88. The lowest BCUT2D eigenvalue weighted by atomic mass is 9.98. The fourth-order valence-corrected chi connectivity index (χ4v) is 2.64. The van der Waals surface area contributed by atoms with Crippen molar-refractivity contribution in [1.82, 2.24) is 10.3 Å². The Morgan fingerprint density at radius 3 is 2.70 bits per heavy atom. The first-order valence-corrected chi connectivity index (χ1v) is 7.62. The number of hydrogen-bond donors (Lipinski definition) is 1. The summed E-state index contributed by atoms with van der Waals surface area (Å²) in [7, 11) is 0. The van der Waals surface area contributed by atoms with Gasteiger partial charge in [-0.25, -0.2) is 0 Å². The fraction of sp³-hybridized carbons (Fsp3) is 0.333. The second-order valence-electron chi connectivity index (χ2n) is 6.08. The van der Waals surface area contributed by atoms with E-state index in [1.54, 1.807) is 6.20 Å². The maximum absolute atomic E-state index is 12.9. The minimum absolute atomic E-state index is 0.194. The summed E-state index contributed by atoms with van der Waals surface area (Å²) < 4.78 is 11.2. The van der Waals surface area contributed by atoms with Crippen LogP contribution in [-0.2, 0) is 5.54 Å². The van der Waals surface area contributed by atoms with E-state index in [9.17, 15) is 4.79 Å². The van der Waals surface area contributed by atoms with Gasteiger partial charge in [0.2, 0.25) is 0 Å². The van der Waals surface area contributed by atoms with Gasteiger partial charge in [0, 0.05) is 6.20 Å². The van der Waals surface area contributed by atoms with Gasteiger partial charge in [-0.1, -0.05) is 12.1 Å². The molecule has 1 amide bonds. The summed E-state index contributed by atoms with van der Waals surface area (Å²) in [4.78, 5) is 17.2. The molecule has 2 heterocycles. The third kappa shape index (κ3) is 2.99. The number of nitrogens with zero attached hydrogens (tertiary/aromatic N) is 1. The summed E-state index contributed by atoms with van der Waals surface area (Å²) in [5.41, 5.74) is 1.57. The molecule has 1 aromatic carbocycles. The SMILES string of the molecule is Cc1ccc2c(c1C(=O)NC(C)(C)c1ccccn1)OCCO2. The molecule has 5 heteroatoms.